The molecule has 0 unspecified atom stereocenters. The third kappa shape index (κ3) is 3.57. The molecule has 1 N–H and O–H groups in total. The Morgan fingerprint density at radius 3 is 2.84 bits per heavy atom. The molecule has 0 bridgehead atoms. The highest BCUT2D eigenvalue weighted by Gasteiger charge is 2.23. The minimum absolute atomic E-state index is 0.513. The summed E-state index contributed by atoms with van der Waals surface area (Å²) in [5.74, 6) is 1.04. The molecule has 1 aliphatic rings. The minimum atomic E-state index is 0.513. The topological polar surface area (TPSA) is 53.9 Å². The Hall–Kier alpha value is -1.86. The third-order valence-electron chi connectivity index (χ3n) is 4.51. The molecule has 1 saturated heterocycles. The Kier molecular flexibility index (Phi) is 4.76. The molecule has 2 aromatic heterocycles. The summed E-state index contributed by atoms with van der Waals surface area (Å²) in [7, 11) is 0. The average Bonchev–Trinajstić information content (AvgIpc) is 3.06. The van der Waals surface area contributed by atoms with Gasteiger partial charge in [0.25, 0.3) is 0 Å². The first kappa shape index (κ1) is 16.6. The lowest BCUT2D eigenvalue weighted by Crippen LogP contribution is -2.39. The molecule has 5 nitrogen and oxygen atoms in total. The first-order valence-corrected chi connectivity index (χ1v) is 10.5. The Morgan fingerprint density at radius 1 is 1.24 bits per heavy atom. The molecule has 0 aliphatic carbocycles. The maximum Gasteiger partial charge on any atom is 0.176 e. The van der Waals surface area contributed by atoms with Gasteiger partial charge in [-0.1, -0.05) is 23.9 Å². The van der Waals surface area contributed by atoms with Crippen molar-refractivity contribution in [1.29, 1.82) is 0 Å². The smallest absolute Gasteiger partial charge is 0.176 e. The summed E-state index contributed by atoms with van der Waals surface area (Å²) in [4.78, 5) is 15.8. The standard InChI is InChI=1S/C18H21N5S2/c1-12-4-3-5-14(10-12)21-13-6-8-23(9-7-13)17-15-16(19-11-20-17)22-18(24-2)25-15/h3-5,10-11,13,21H,6-9H2,1-2H3. The highest BCUT2D eigenvalue weighted by molar-refractivity contribution is 8.00. The van der Waals surface area contributed by atoms with Gasteiger partial charge in [-0.15, -0.1) is 11.3 Å². The molecule has 0 radical (unpaired) electrons. The predicted octanol–water partition coefficient (Wildman–Crippen LogP) is 4.20. The average molecular weight is 372 g/mol. The normalized spacial score (nSPS) is 15.7. The number of thiazole rings is 1. The number of rotatable bonds is 4. The second-order valence-corrected chi connectivity index (χ2v) is 8.36. The zero-order chi connectivity index (χ0) is 17.2. The summed E-state index contributed by atoms with van der Waals surface area (Å²) in [5.41, 5.74) is 3.33. The molecule has 130 valence electrons. The van der Waals surface area contributed by atoms with Gasteiger partial charge in [-0.3, -0.25) is 0 Å². The van der Waals surface area contributed by atoms with Crippen molar-refractivity contribution >= 4 is 45.0 Å². The van der Waals surface area contributed by atoms with E-state index in [1.807, 2.05) is 6.26 Å². The second kappa shape index (κ2) is 7.17. The lowest BCUT2D eigenvalue weighted by atomic mass is 10.0. The SMILES string of the molecule is CSc1nc2ncnc(N3CCC(Nc4cccc(C)c4)CC3)c2s1. The number of nitrogens with zero attached hydrogens (tertiary/aromatic N) is 4. The summed E-state index contributed by atoms with van der Waals surface area (Å²) < 4.78 is 2.16. The highest BCUT2D eigenvalue weighted by atomic mass is 32.2. The summed E-state index contributed by atoms with van der Waals surface area (Å²) in [6, 6.07) is 9.11. The molecular weight excluding hydrogens is 350 g/mol. The number of nitrogens with one attached hydrogen (secondary N) is 1. The van der Waals surface area contributed by atoms with Crippen LogP contribution in [0.4, 0.5) is 11.5 Å². The van der Waals surface area contributed by atoms with E-state index in [0.29, 0.717) is 6.04 Å². The Balaban J connectivity index is 1.46. The molecule has 3 heterocycles. The van der Waals surface area contributed by atoms with E-state index in [4.69, 9.17) is 0 Å². The number of piperidine rings is 1. The zero-order valence-corrected chi connectivity index (χ0v) is 16.0. The quantitative estimate of drug-likeness (QED) is 0.694. The Labute approximate surface area is 155 Å². The van der Waals surface area contributed by atoms with Crippen LogP contribution in [-0.4, -0.2) is 40.3 Å². The van der Waals surface area contributed by atoms with Gasteiger partial charge in [0, 0.05) is 24.8 Å². The number of aryl methyl sites for hydroxylation is 1. The van der Waals surface area contributed by atoms with E-state index in [-0.39, 0.29) is 0 Å². The van der Waals surface area contributed by atoms with E-state index >= 15 is 0 Å². The van der Waals surface area contributed by atoms with Crippen molar-refractivity contribution in [3.05, 3.63) is 36.2 Å². The Bertz CT molecular complexity index is 871. The van der Waals surface area contributed by atoms with Crippen LogP contribution >= 0.6 is 23.1 Å². The molecule has 3 aromatic rings. The van der Waals surface area contributed by atoms with Crippen LogP contribution in [0.25, 0.3) is 10.3 Å². The van der Waals surface area contributed by atoms with Gasteiger partial charge in [0.15, 0.2) is 15.8 Å². The first-order chi connectivity index (χ1) is 12.2. The van der Waals surface area contributed by atoms with Gasteiger partial charge >= 0.3 is 0 Å². The minimum Gasteiger partial charge on any atom is -0.382 e. The van der Waals surface area contributed by atoms with E-state index in [1.165, 1.54) is 11.3 Å². The van der Waals surface area contributed by atoms with E-state index in [1.54, 1.807) is 29.4 Å². The summed E-state index contributed by atoms with van der Waals surface area (Å²) >= 11 is 3.36. The number of hydrogen-bond donors (Lipinski definition) is 1. The molecule has 0 atom stereocenters. The van der Waals surface area contributed by atoms with E-state index < -0.39 is 0 Å². The van der Waals surface area contributed by atoms with Crippen LogP contribution in [0.15, 0.2) is 34.9 Å². The molecular formula is C18H21N5S2. The van der Waals surface area contributed by atoms with Crippen LogP contribution in [0.2, 0.25) is 0 Å². The molecule has 0 saturated carbocycles. The first-order valence-electron chi connectivity index (χ1n) is 8.46. The van der Waals surface area contributed by atoms with Gasteiger partial charge in [-0.25, -0.2) is 15.0 Å². The summed E-state index contributed by atoms with van der Waals surface area (Å²) in [6.45, 7) is 4.14. The predicted molar refractivity (Wildman–Crippen MR) is 107 cm³/mol. The van der Waals surface area contributed by atoms with Crippen molar-refractivity contribution in [2.24, 2.45) is 0 Å². The lowest BCUT2D eigenvalue weighted by molar-refractivity contribution is 0.524. The number of hydrogen-bond acceptors (Lipinski definition) is 7. The second-order valence-electron chi connectivity index (χ2n) is 6.31. The monoisotopic (exact) mass is 371 g/mol. The van der Waals surface area contributed by atoms with Gasteiger partial charge in [-0.2, -0.15) is 0 Å². The number of fused-ring (bicyclic) bond motifs is 1. The van der Waals surface area contributed by atoms with Crippen LogP contribution in [0.3, 0.4) is 0 Å². The number of anilines is 2. The summed E-state index contributed by atoms with van der Waals surface area (Å²) in [6.07, 6.45) is 5.90. The van der Waals surface area contributed by atoms with Gasteiger partial charge in [0.1, 0.15) is 11.0 Å². The van der Waals surface area contributed by atoms with Crippen LogP contribution in [0.5, 0.6) is 0 Å². The van der Waals surface area contributed by atoms with Crippen molar-refractivity contribution in [3.8, 4) is 0 Å². The van der Waals surface area contributed by atoms with Crippen LogP contribution in [-0.2, 0) is 0 Å². The molecule has 0 amide bonds. The van der Waals surface area contributed by atoms with Crippen molar-refractivity contribution in [1.82, 2.24) is 15.0 Å². The fourth-order valence-corrected chi connectivity index (χ4v) is 4.77. The van der Waals surface area contributed by atoms with Crippen molar-refractivity contribution in [2.75, 3.05) is 29.6 Å². The van der Waals surface area contributed by atoms with Crippen molar-refractivity contribution < 1.29 is 0 Å². The molecule has 25 heavy (non-hydrogen) atoms. The number of aromatic nitrogens is 3. The van der Waals surface area contributed by atoms with Crippen molar-refractivity contribution in [3.63, 3.8) is 0 Å². The molecule has 0 spiro atoms. The van der Waals surface area contributed by atoms with Crippen LogP contribution in [0, 0.1) is 6.92 Å². The molecule has 7 heteroatoms. The Morgan fingerprint density at radius 2 is 2.08 bits per heavy atom. The maximum atomic E-state index is 4.56. The zero-order valence-electron chi connectivity index (χ0n) is 14.4. The lowest BCUT2D eigenvalue weighted by Gasteiger charge is -2.33. The maximum absolute atomic E-state index is 4.56. The fourth-order valence-electron chi connectivity index (χ4n) is 3.24. The van der Waals surface area contributed by atoms with Gasteiger partial charge in [0.05, 0.1) is 0 Å². The van der Waals surface area contributed by atoms with Gasteiger partial charge < -0.3 is 10.2 Å². The molecule has 1 aliphatic heterocycles. The third-order valence-corrected chi connectivity index (χ3v) is 6.54. The fraction of sp³-hybridized carbons (Fsp3) is 0.389. The van der Waals surface area contributed by atoms with Crippen molar-refractivity contribution in [2.45, 2.75) is 30.1 Å². The largest absolute Gasteiger partial charge is 0.382 e. The van der Waals surface area contributed by atoms with E-state index in [0.717, 1.165) is 46.4 Å². The number of thioether (sulfide) groups is 1. The van der Waals surface area contributed by atoms with Crippen LogP contribution in [0.1, 0.15) is 18.4 Å². The van der Waals surface area contributed by atoms with Crippen LogP contribution < -0.4 is 10.2 Å². The molecule has 1 aromatic carbocycles. The van der Waals surface area contributed by atoms with E-state index in [9.17, 15) is 0 Å². The molecule has 1 fully saturated rings. The summed E-state index contributed by atoms with van der Waals surface area (Å²) in [5, 5.41) is 3.67. The van der Waals surface area contributed by atoms with Gasteiger partial charge in [-0.05, 0) is 43.7 Å². The molecule has 4 rings (SSSR count). The van der Waals surface area contributed by atoms with E-state index in [2.05, 4.69) is 56.4 Å². The van der Waals surface area contributed by atoms with Gasteiger partial charge in [0.2, 0.25) is 0 Å². The number of benzene rings is 1. The highest BCUT2D eigenvalue weighted by Crippen LogP contribution is 2.33.